The van der Waals surface area contributed by atoms with E-state index < -0.39 is 5.54 Å². The summed E-state index contributed by atoms with van der Waals surface area (Å²) in [6, 6.07) is 9.97. The molecule has 20 heavy (non-hydrogen) atoms. The molecule has 0 aliphatic rings. The third kappa shape index (κ3) is 4.32. The molecule has 1 aromatic rings. The molecule has 4 heteroatoms. The van der Waals surface area contributed by atoms with E-state index in [1.807, 2.05) is 58.3 Å². The fraction of sp³-hybridized carbons (Fsp3) is 0.562. The number of likely N-dealkylation sites (N-methyl/N-ethyl adjacent to an activating group) is 1. The van der Waals surface area contributed by atoms with Gasteiger partial charge in [-0.1, -0.05) is 44.2 Å². The van der Waals surface area contributed by atoms with Gasteiger partial charge in [0, 0.05) is 6.54 Å². The van der Waals surface area contributed by atoms with Gasteiger partial charge in [-0.05, 0) is 32.5 Å². The fourth-order valence-electron chi connectivity index (χ4n) is 2.16. The lowest BCUT2D eigenvalue weighted by Gasteiger charge is -2.30. The maximum Gasteiger partial charge on any atom is 0.240 e. The zero-order valence-electron chi connectivity index (χ0n) is 13.0. The van der Waals surface area contributed by atoms with Gasteiger partial charge in [0.15, 0.2) is 0 Å². The second kappa shape index (κ2) is 7.41. The Morgan fingerprint density at radius 1 is 1.25 bits per heavy atom. The number of nitrogens with two attached hydrogens (primary N) is 1. The summed E-state index contributed by atoms with van der Waals surface area (Å²) >= 11 is 0. The van der Waals surface area contributed by atoms with Crippen molar-refractivity contribution < 1.29 is 4.79 Å². The van der Waals surface area contributed by atoms with Crippen molar-refractivity contribution in [1.29, 1.82) is 0 Å². The van der Waals surface area contributed by atoms with Gasteiger partial charge in [-0.25, -0.2) is 0 Å². The summed E-state index contributed by atoms with van der Waals surface area (Å²) in [7, 11) is 3.99. The molecule has 4 nitrogen and oxygen atoms in total. The van der Waals surface area contributed by atoms with Crippen LogP contribution in [-0.4, -0.2) is 37.0 Å². The summed E-state index contributed by atoms with van der Waals surface area (Å²) in [6.45, 7) is 4.65. The van der Waals surface area contributed by atoms with E-state index in [9.17, 15) is 4.79 Å². The van der Waals surface area contributed by atoms with E-state index in [4.69, 9.17) is 5.73 Å². The Balaban J connectivity index is 2.88. The number of nitrogens with one attached hydrogen (secondary N) is 1. The number of benzene rings is 1. The predicted octanol–water partition coefficient (Wildman–Crippen LogP) is 1.92. The van der Waals surface area contributed by atoms with Crippen LogP contribution in [0.1, 0.15) is 38.3 Å². The third-order valence-corrected chi connectivity index (χ3v) is 3.77. The minimum atomic E-state index is -0.778. The van der Waals surface area contributed by atoms with Gasteiger partial charge in [-0.3, -0.25) is 4.79 Å². The Morgan fingerprint density at radius 3 is 2.25 bits per heavy atom. The van der Waals surface area contributed by atoms with Crippen molar-refractivity contribution in [3.8, 4) is 0 Å². The molecule has 0 heterocycles. The molecule has 0 saturated heterocycles. The number of carbonyl (C=O) groups excluding carboxylic acids is 1. The van der Waals surface area contributed by atoms with Gasteiger partial charge in [0.1, 0.15) is 0 Å². The SMILES string of the molecule is CCC(N)(CC)C(=O)NC(CN(C)C)c1ccccc1. The van der Waals surface area contributed by atoms with Crippen molar-refractivity contribution in [3.05, 3.63) is 35.9 Å². The van der Waals surface area contributed by atoms with E-state index in [1.165, 1.54) is 0 Å². The maximum atomic E-state index is 12.4. The van der Waals surface area contributed by atoms with Crippen LogP contribution in [0.15, 0.2) is 30.3 Å². The van der Waals surface area contributed by atoms with Crippen LogP contribution < -0.4 is 11.1 Å². The van der Waals surface area contributed by atoms with E-state index in [-0.39, 0.29) is 11.9 Å². The number of amides is 1. The monoisotopic (exact) mass is 277 g/mol. The van der Waals surface area contributed by atoms with Crippen LogP contribution in [0.25, 0.3) is 0 Å². The summed E-state index contributed by atoms with van der Waals surface area (Å²) in [5, 5.41) is 3.10. The molecule has 1 amide bonds. The Labute approximate surface area is 122 Å². The third-order valence-electron chi connectivity index (χ3n) is 3.77. The van der Waals surface area contributed by atoms with Crippen molar-refractivity contribution in [2.45, 2.75) is 38.3 Å². The Morgan fingerprint density at radius 2 is 1.80 bits per heavy atom. The van der Waals surface area contributed by atoms with Crippen LogP contribution >= 0.6 is 0 Å². The fourth-order valence-corrected chi connectivity index (χ4v) is 2.16. The lowest BCUT2D eigenvalue weighted by Crippen LogP contribution is -2.54. The average Bonchev–Trinajstić information content (AvgIpc) is 2.46. The first-order valence-electron chi connectivity index (χ1n) is 7.22. The molecule has 0 saturated carbocycles. The second-order valence-corrected chi connectivity index (χ2v) is 5.56. The predicted molar refractivity (Wildman–Crippen MR) is 83.4 cm³/mol. The molecule has 1 rings (SSSR count). The second-order valence-electron chi connectivity index (χ2n) is 5.56. The highest BCUT2D eigenvalue weighted by atomic mass is 16.2. The molecule has 1 unspecified atom stereocenters. The zero-order chi connectivity index (χ0) is 15.2. The quantitative estimate of drug-likeness (QED) is 0.800. The van der Waals surface area contributed by atoms with Crippen molar-refractivity contribution in [2.24, 2.45) is 5.73 Å². The molecule has 3 N–H and O–H groups in total. The Kier molecular flexibility index (Phi) is 6.17. The van der Waals surface area contributed by atoms with Crippen molar-refractivity contribution in [1.82, 2.24) is 10.2 Å². The molecular weight excluding hydrogens is 250 g/mol. The van der Waals surface area contributed by atoms with Crippen molar-refractivity contribution in [2.75, 3.05) is 20.6 Å². The van der Waals surface area contributed by atoms with Crippen LogP contribution in [0.3, 0.4) is 0 Å². The molecule has 112 valence electrons. The van der Waals surface area contributed by atoms with Crippen molar-refractivity contribution >= 4 is 5.91 Å². The molecule has 0 bridgehead atoms. The Hall–Kier alpha value is -1.39. The summed E-state index contributed by atoms with van der Waals surface area (Å²) < 4.78 is 0. The van der Waals surface area contributed by atoms with E-state index in [0.717, 1.165) is 12.1 Å². The number of carbonyl (C=O) groups is 1. The number of hydrogen-bond acceptors (Lipinski definition) is 3. The van der Waals surface area contributed by atoms with Crippen LogP contribution in [0.5, 0.6) is 0 Å². The largest absolute Gasteiger partial charge is 0.346 e. The van der Waals surface area contributed by atoms with Gasteiger partial charge < -0.3 is 16.0 Å². The molecule has 0 spiro atoms. The van der Waals surface area contributed by atoms with Crippen LogP contribution in [0.2, 0.25) is 0 Å². The smallest absolute Gasteiger partial charge is 0.240 e. The zero-order valence-corrected chi connectivity index (χ0v) is 13.0. The first-order valence-corrected chi connectivity index (χ1v) is 7.22. The normalized spacial score (nSPS) is 13.3. The van der Waals surface area contributed by atoms with E-state index in [2.05, 4.69) is 10.2 Å². The number of rotatable bonds is 7. The van der Waals surface area contributed by atoms with Gasteiger partial charge in [0.05, 0.1) is 11.6 Å². The molecule has 0 aromatic heterocycles. The summed E-state index contributed by atoms with van der Waals surface area (Å²) in [4.78, 5) is 14.5. The van der Waals surface area contributed by atoms with Crippen LogP contribution in [0.4, 0.5) is 0 Å². The molecule has 0 aliphatic heterocycles. The maximum absolute atomic E-state index is 12.4. The van der Waals surface area contributed by atoms with Crippen LogP contribution in [-0.2, 0) is 4.79 Å². The first kappa shape index (κ1) is 16.7. The molecule has 1 aromatic carbocycles. The summed E-state index contributed by atoms with van der Waals surface area (Å²) in [6.07, 6.45) is 1.28. The average molecular weight is 277 g/mol. The van der Waals surface area contributed by atoms with E-state index in [1.54, 1.807) is 0 Å². The highest BCUT2D eigenvalue weighted by molar-refractivity contribution is 5.86. The molecular formula is C16H27N3O. The highest BCUT2D eigenvalue weighted by Gasteiger charge is 2.31. The molecule has 0 fully saturated rings. The topological polar surface area (TPSA) is 58.4 Å². The van der Waals surface area contributed by atoms with Gasteiger partial charge in [0.2, 0.25) is 5.91 Å². The Bertz CT molecular complexity index is 413. The minimum absolute atomic E-state index is 0.0419. The van der Waals surface area contributed by atoms with Gasteiger partial charge >= 0.3 is 0 Å². The van der Waals surface area contributed by atoms with E-state index >= 15 is 0 Å². The lowest BCUT2D eigenvalue weighted by molar-refractivity contribution is -0.127. The molecule has 1 atom stereocenters. The molecule has 0 aliphatic carbocycles. The van der Waals surface area contributed by atoms with Gasteiger partial charge in [-0.2, -0.15) is 0 Å². The minimum Gasteiger partial charge on any atom is -0.346 e. The first-order chi connectivity index (χ1) is 9.42. The van der Waals surface area contributed by atoms with E-state index in [0.29, 0.717) is 12.8 Å². The number of hydrogen-bond donors (Lipinski definition) is 2. The molecule has 0 radical (unpaired) electrons. The van der Waals surface area contributed by atoms with Gasteiger partial charge in [0.25, 0.3) is 0 Å². The lowest BCUT2D eigenvalue weighted by atomic mass is 9.92. The van der Waals surface area contributed by atoms with Crippen LogP contribution in [0, 0.1) is 0 Å². The van der Waals surface area contributed by atoms with Gasteiger partial charge in [-0.15, -0.1) is 0 Å². The standard InChI is InChI=1S/C16H27N3O/c1-5-16(17,6-2)15(20)18-14(12-19(3)4)13-10-8-7-9-11-13/h7-11,14H,5-6,12,17H2,1-4H3,(H,18,20). The van der Waals surface area contributed by atoms with Crippen molar-refractivity contribution in [3.63, 3.8) is 0 Å². The summed E-state index contributed by atoms with van der Waals surface area (Å²) in [5.74, 6) is -0.0711. The summed E-state index contributed by atoms with van der Waals surface area (Å²) in [5.41, 5.74) is 6.49. The number of nitrogens with zero attached hydrogens (tertiary/aromatic N) is 1. The highest BCUT2D eigenvalue weighted by Crippen LogP contribution is 2.17.